The quantitative estimate of drug-likeness (QED) is 0.167. The van der Waals surface area contributed by atoms with Gasteiger partial charge >= 0.3 is 5.97 Å². The van der Waals surface area contributed by atoms with E-state index in [2.05, 4.69) is 55.5 Å². The van der Waals surface area contributed by atoms with Crippen molar-refractivity contribution in [3.8, 4) is 16.9 Å². The number of ether oxygens (including phenoxy) is 2. The van der Waals surface area contributed by atoms with Crippen molar-refractivity contribution < 1.29 is 18.7 Å². The lowest BCUT2D eigenvalue weighted by molar-refractivity contribution is -0.157. The maximum atomic E-state index is 13.9. The normalized spacial score (nSPS) is 18.4. The molecule has 0 heterocycles. The van der Waals surface area contributed by atoms with Crippen molar-refractivity contribution in [3.05, 3.63) is 54.1 Å². The first kappa shape index (κ1) is 29.2. The summed E-state index contributed by atoms with van der Waals surface area (Å²) in [6.45, 7) is 5.03. The van der Waals surface area contributed by atoms with Crippen molar-refractivity contribution in [3.63, 3.8) is 0 Å². The van der Waals surface area contributed by atoms with Crippen molar-refractivity contribution in [2.45, 2.75) is 116 Å². The predicted octanol–water partition coefficient (Wildman–Crippen LogP) is 9.27. The minimum atomic E-state index is -1.46. The van der Waals surface area contributed by atoms with Gasteiger partial charge in [-0.1, -0.05) is 88.8 Å². The van der Waals surface area contributed by atoms with Gasteiger partial charge in [0, 0.05) is 0 Å². The topological polar surface area (TPSA) is 35.5 Å². The Kier molecular flexibility index (Phi) is 13.0. The number of unbranched alkanes of at least 4 members (excludes halogenated alkanes) is 5. The second-order valence-electron chi connectivity index (χ2n) is 10.7. The highest BCUT2D eigenvalue weighted by molar-refractivity contribution is 5.74. The van der Waals surface area contributed by atoms with Crippen LogP contribution in [0.1, 0.15) is 103 Å². The fourth-order valence-corrected chi connectivity index (χ4v) is 5.15. The van der Waals surface area contributed by atoms with Crippen LogP contribution in [0.25, 0.3) is 11.1 Å². The molecule has 4 heteroatoms. The van der Waals surface area contributed by atoms with Gasteiger partial charge in [-0.3, -0.25) is 0 Å². The highest BCUT2D eigenvalue weighted by Crippen LogP contribution is 2.31. The van der Waals surface area contributed by atoms with Gasteiger partial charge in [-0.25, -0.2) is 9.18 Å². The molecule has 1 saturated carbocycles. The molecule has 0 saturated heterocycles. The Bertz CT molecular complexity index is 885. The number of carbonyl (C=O) groups is 1. The molecule has 204 valence electrons. The lowest BCUT2D eigenvalue weighted by Gasteiger charge is -2.28. The summed E-state index contributed by atoms with van der Waals surface area (Å²) in [6, 6.07) is 17.3. The molecule has 3 rings (SSSR count). The van der Waals surface area contributed by atoms with Gasteiger partial charge in [0.2, 0.25) is 0 Å². The van der Waals surface area contributed by atoms with E-state index in [9.17, 15) is 9.18 Å². The Labute approximate surface area is 224 Å². The van der Waals surface area contributed by atoms with Gasteiger partial charge in [-0.05, 0) is 86.1 Å². The van der Waals surface area contributed by atoms with Gasteiger partial charge in [0.25, 0.3) is 0 Å². The molecule has 0 amide bonds. The van der Waals surface area contributed by atoms with Crippen LogP contribution in [-0.4, -0.2) is 24.9 Å². The highest BCUT2D eigenvalue weighted by Gasteiger charge is 2.27. The van der Waals surface area contributed by atoms with Crippen LogP contribution >= 0.6 is 0 Å². The predicted molar refractivity (Wildman–Crippen MR) is 151 cm³/mol. The number of benzene rings is 2. The standard InChI is InChI=1S/C33H47FO3/c1-3-5-7-8-9-25-36-30-23-19-29(20-24-30)28-17-13-26(14-18-28)11-12-27-15-21-31(22-16-27)37-33(35)32(34)10-6-4-2/h13-14,17-20,23-24,27,31-32H,3-12,15-16,21-22,25H2,1-2H3/t27-,31-,32-/m0/s1. The van der Waals surface area contributed by atoms with E-state index in [0.29, 0.717) is 5.92 Å². The van der Waals surface area contributed by atoms with Gasteiger partial charge < -0.3 is 9.47 Å². The number of carbonyl (C=O) groups excluding carboxylic acids is 1. The van der Waals surface area contributed by atoms with E-state index in [4.69, 9.17) is 9.47 Å². The smallest absolute Gasteiger partial charge is 0.340 e. The van der Waals surface area contributed by atoms with Gasteiger partial charge in [-0.2, -0.15) is 0 Å². The number of hydrogen-bond acceptors (Lipinski definition) is 3. The average Bonchev–Trinajstić information content (AvgIpc) is 2.94. The van der Waals surface area contributed by atoms with Crippen LogP contribution in [0.15, 0.2) is 48.5 Å². The van der Waals surface area contributed by atoms with Crippen LogP contribution in [0.4, 0.5) is 4.39 Å². The third-order valence-corrected chi connectivity index (χ3v) is 7.64. The number of rotatable bonds is 16. The SMILES string of the molecule is CCCCCCCOc1ccc(-c2ccc(CC[C@H]3CC[C@H](OC(=O)[C@@H](F)CCCC)CC3)cc2)cc1. The summed E-state index contributed by atoms with van der Waals surface area (Å²) in [5.41, 5.74) is 3.79. The molecule has 1 atom stereocenters. The maximum absolute atomic E-state index is 13.9. The minimum absolute atomic E-state index is 0.106. The number of halogens is 1. The Morgan fingerprint density at radius 2 is 1.46 bits per heavy atom. The summed E-state index contributed by atoms with van der Waals surface area (Å²) in [7, 11) is 0. The van der Waals surface area contributed by atoms with E-state index in [1.165, 1.54) is 42.4 Å². The molecule has 3 nitrogen and oxygen atoms in total. The first-order valence-electron chi connectivity index (χ1n) is 14.8. The molecule has 0 unspecified atom stereocenters. The lowest BCUT2D eigenvalue weighted by atomic mass is 9.83. The van der Waals surface area contributed by atoms with E-state index in [1.807, 2.05) is 6.92 Å². The van der Waals surface area contributed by atoms with Crippen LogP contribution in [0.2, 0.25) is 0 Å². The number of hydrogen-bond donors (Lipinski definition) is 0. The van der Waals surface area contributed by atoms with Crippen LogP contribution in [0.3, 0.4) is 0 Å². The van der Waals surface area contributed by atoms with Crippen molar-refractivity contribution >= 4 is 5.97 Å². The van der Waals surface area contributed by atoms with Crippen molar-refractivity contribution in [2.75, 3.05) is 6.61 Å². The average molecular weight is 511 g/mol. The van der Waals surface area contributed by atoms with E-state index in [-0.39, 0.29) is 12.5 Å². The summed E-state index contributed by atoms with van der Waals surface area (Å²) in [6.07, 6.45) is 12.6. The third-order valence-electron chi connectivity index (χ3n) is 7.64. The van der Waals surface area contributed by atoms with Crippen molar-refractivity contribution in [1.82, 2.24) is 0 Å². The fraction of sp³-hybridized carbons (Fsp3) is 0.606. The van der Waals surface area contributed by atoms with Crippen LogP contribution in [0, 0.1) is 5.92 Å². The zero-order valence-corrected chi connectivity index (χ0v) is 23.1. The van der Waals surface area contributed by atoms with Crippen LogP contribution in [0.5, 0.6) is 5.75 Å². The molecule has 2 aromatic carbocycles. The first-order valence-corrected chi connectivity index (χ1v) is 14.8. The molecule has 0 spiro atoms. The van der Waals surface area contributed by atoms with E-state index >= 15 is 0 Å². The second-order valence-corrected chi connectivity index (χ2v) is 10.7. The molecular weight excluding hydrogens is 463 g/mol. The molecule has 0 N–H and O–H groups in total. The van der Waals surface area contributed by atoms with Crippen LogP contribution in [-0.2, 0) is 16.0 Å². The molecule has 1 aliphatic carbocycles. The Morgan fingerprint density at radius 3 is 2.11 bits per heavy atom. The Balaban J connectivity index is 1.35. The molecule has 0 bridgehead atoms. The fourth-order valence-electron chi connectivity index (χ4n) is 5.15. The second kappa shape index (κ2) is 16.5. The number of alkyl halides is 1. The molecule has 2 aromatic rings. The minimum Gasteiger partial charge on any atom is -0.494 e. The van der Waals surface area contributed by atoms with Gasteiger partial charge in [-0.15, -0.1) is 0 Å². The van der Waals surface area contributed by atoms with Gasteiger partial charge in [0.05, 0.1) is 6.61 Å². The number of aryl methyl sites for hydroxylation is 1. The molecule has 37 heavy (non-hydrogen) atoms. The Hall–Kier alpha value is -2.36. The number of esters is 1. The Morgan fingerprint density at radius 1 is 0.838 bits per heavy atom. The molecule has 0 radical (unpaired) electrons. The third kappa shape index (κ3) is 10.5. The van der Waals surface area contributed by atoms with Crippen LogP contribution < -0.4 is 4.74 Å². The van der Waals surface area contributed by atoms with E-state index in [1.54, 1.807) is 0 Å². The molecule has 1 aliphatic rings. The zero-order chi connectivity index (χ0) is 26.3. The van der Waals surface area contributed by atoms with E-state index in [0.717, 1.165) is 70.1 Å². The molecular formula is C33H47FO3. The lowest BCUT2D eigenvalue weighted by Crippen LogP contribution is -2.29. The highest BCUT2D eigenvalue weighted by atomic mass is 19.1. The molecule has 0 aliphatic heterocycles. The monoisotopic (exact) mass is 510 g/mol. The summed E-state index contributed by atoms with van der Waals surface area (Å²) in [5, 5.41) is 0. The summed E-state index contributed by atoms with van der Waals surface area (Å²) >= 11 is 0. The van der Waals surface area contributed by atoms with Gasteiger partial charge in [0.15, 0.2) is 6.17 Å². The first-order chi connectivity index (χ1) is 18.1. The maximum Gasteiger partial charge on any atom is 0.340 e. The molecule has 1 fully saturated rings. The van der Waals surface area contributed by atoms with Crippen molar-refractivity contribution in [2.24, 2.45) is 5.92 Å². The largest absolute Gasteiger partial charge is 0.494 e. The van der Waals surface area contributed by atoms with Crippen molar-refractivity contribution in [1.29, 1.82) is 0 Å². The van der Waals surface area contributed by atoms with Gasteiger partial charge in [0.1, 0.15) is 11.9 Å². The summed E-state index contributed by atoms with van der Waals surface area (Å²) < 4.78 is 25.2. The zero-order valence-electron chi connectivity index (χ0n) is 23.1. The summed E-state index contributed by atoms with van der Waals surface area (Å²) in [5.74, 6) is 0.938. The van der Waals surface area contributed by atoms with E-state index < -0.39 is 12.1 Å². The summed E-state index contributed by atoms with van der Waals surface area (Å²) in [4.78, 5) is 11.9. The molecule has 0 aromatic heterocycles.